The van der Waals surface area contributed by atoms with E-state index in [9.17, 15) is 8.42 Å². The van der Waals surface area contributed by atoms with E-state index in [1.807, 2.05) is 4.57 Å². The van der Waals surface area contributed by atoms with Crippen molar-refractivity contribution in [3.05, 3.63) is 17.2 Å². The van der Waals surface area contributed by atoms with Crippen molar-refractivity contribution in [3.8, 4) is 0 Å². The van der Waals surface area contributed by atoms with E-state index in [4.69, 9.17) is 11.6 Å². The van der Waals surface area contributed by atoms with Gasteiger partial charge in [0.2, 0.25) is 0 Å². The van der Waals surface area contributed by atoms with Gasteiger partial charge in [-0.2, -0.15) is 17.0 Å². The quantitative estimate of drug-likeness (QED) is 0.846. The van der Waals surface area contributed by atoms with Crippen molar-refractivity contribution in [3.63, 3.8) is 0 Å². The molecule has 21 heavy (non-hydrogen) atoms. The fourth-order valence-electron chi connectivity index (χ4n) is 3.11. The molecule has 1 aromatic rings. The second kappa shape index (κ2) is 5.87. The molecular weight excluding hydrogens is 312 g/mol. The first-order valence-electron chi connectivity index (χ1n) is 7.47. The highest BCUT2D eigenvalue weighted by atomic mass is 35.5. The van der Waals surface area contributed by atoms with Gasteiger partial charge in [0, 0.05) is 26.2 Å². The number of piperidine rings is 1. The molecule has 1 aromatic heterocycles. The van der Waals surface area contributed by atoms with Crippen molar-refractivity contribution < 1.29 is 8.42 Å². The summed E-state index contributed by atoms with van der Waals surface area (Å²) >= 11 is 6.02. The first-order valence-corrected chi connectivity index (χ1v) is 9.25. The summed E-state index contributed by atoms with van der Waals surface area (Å²) in [6.07, 6.45) is 4.64. The first-order chi connectivity index (χ1) is 10.0. The molecule has 2 aliphatic rings. The third-order valence-electron chi connectivity index (χ3n) is 4.58. The summed E-state index contributed by atoms with van der Waals surface area (Å²) in [6, 6.07) is 0. The highest BCUT2D eigenvalue weighted by molar-refractivity contribution is 7.86. The third-order valence-corrected chi connectivity index (χ3v) is 6.87. The van der Waals surface area contributed by atoms with E-state index >= 15 is 0 Å². The van der Waals surface area contributed by atoms with Crippen LogP contribution in [0.3, 0.4) is 0 Å². The maximum absolute atomic E-state index is 12.7. The molecule has 0 bridgehead atoms. The molecule has 6 nitrogen and oxygen atoms in total. The molecule has 2 aliphatic heterocycles. The number of hydrogen-bond acceptors (Lipinski definition) is 3. The maximum Gasteiger partial charge on any atom is 0.282 e. The Bertz CT molecular complexity index is 608. The third kappa shape index (κ3) is 2.84. The number of aromatic nitrogens is 2. The molecule has 0 amide bonds. The van der Waals surface area contributed by atoms with E-state index in [1.54, 1.807) is 10.5 Å². The van der Waals surface area contributed by atoms with Gasteiger partial charge in [0.15, 0.2) is 0 Å². The van der Waals surface area contributed by atoms with Crippen LogP contribution in [0.25, 0.3) is 0 Å². The molecule has 118 valence electrons. The SMILES string of the molecule is CCC1CCN(S(=O)(=O)N2CCn3c(Cl)cnc3C2)CC1. The molecule has 3 rings (SSSR count). The van der Waals surface area contributed by atoms with Gasteiger partial charge in [-0.1, -0.05) is 24.9 Å². The highest BCUT2D eigenvalue weighted by Gasteiger charge is 2.35. The molecule has 0 spiro atoms. The lowest BCUT2D eigenvalue weighted by Gasteiger charge is -2.36. The summed E-state index contributed by atoms with van der Waals surface area (Å²) in [6.45, 7) is 4.77. The fraction of sp³-hybridized carbons (Fsp3) is 0.769. The number of rotatable bonds is 3. The van der Waals surface area contributed by atoms with Gasteiger partial charge in [-0.05, 0) is 18.8 Å². The van der Waals surface area contributed by atoms with Crippen LogP contribution < -0.4 is 0 Å². The molecule has 8 heteroatoms. The summed E-state index contributed by atoms with van der Waals surface area (Å²) in [7, 11) is -3.38. The maximum atomic E-state index is 12.7. The highest BCUT2D eigenvalue weighted by Crippen LogP contribution is 2.26. The Kier molecular flexibility index (Phi) is 4.27. The van der Waals surface area contributed by atoms with Gasteiger partial charge < -0.3 is 4.57 Å². The zero-order valence-electron chi connectivity index (χ0n) is 12.2. The van der Waals surface area contributed by atoms with Crippen LogP contribution in [0.4, 0.5) is 0 Å². The van der Waals surface area contributed by atoms with Crippen molar-refractivity contribution in [2.45, 2.75) is 39.3 Å². The molecule has 0 aliphatic carbocycles. The predicted octanol–water partition coefficient (Wildman–Crippen LogP) is 1.72. The summed E-state index contributed by atoms with van der Waals surface area (Å²) < 4.78 is 30.5. The Labute approximate surface area is 130 Å². The summed E-state index contributed by atoms with van der Waals surface area (Å²) in [5.74, 6) is 1.38. The number of imidazole rings is 1. The van der Waals surface area contributed by atoms with E-state index in [1.165, 1.54) is 4.31 Å². The molecule has 3 heterocycles. The largest absolute Gasteiger partial charge is 0.317 e. The van der Waals surface area contributed by atoms with Gasteiger partial charge in [0.05, 0.1) is 12.7 Å². The molecule has 0 N–H and O–H groups in total. The number of halogens is 1. The number of nitrogens with zero attached hydrogens (tertiary/aromatic N) is 4. The smallest absolute Gasteiger partial charge is 0.282 e. The lowest BCUT2D eigenvalue weighted by Crippen LogP contribution is -2.49. The molecule has 1 fully saturated rings. The van der Waals surface area contributed by atoms with Crippen molar-refractivity contribution in [2.75, 3.05) is 19.6 Å². The van der Waals surface area contributed by atoms with E-state index in [0.717, 1.165) is 25.1 Å². The summed E-state index contributed by atoms with van der Waals surface area (Å²) in [4.78, 5) is 4.20. The number of hydrogen-bond donors (Lipinski definition) is 0. The van der Waals surface area contributed by atoms with Crippen molar-refractivity contribution in [1.82, 2.24) is 18.2 Å². The average Bonchev–Trinajstić information content (AvgIpc) is 2.88. The zero-order chi connectivity index (χ0) is 15.0. The molecular formula is C13H21ClN4O2S. The molecule has 1 saturated heterocycles. The Morgan fingerprint density at radius 1 is 1.24 bits per heavy atom. The van der Waals surface area contributed by atoms with Gasteiger partial charge in [-0.25, -0.2) is 4.98 Å². The van der Waals surface area contributed by atoms with Gasteiger partial charge >= 0.3 is 0 Å². The van der Waals surface area contributed by atoms with Crippen LogP contribution in [0.2, 0.25) is 5.15 Å². The molecule has 0 saturated carbocycles. The minimum Gasteiger partial charge on any atom is -0.317 e. The normalized spacial score (nSPS) is 22.4. The molecule has 0 aromatic carbocycles. The van der Waals surface area contributed by atoms with Gasteiger partial charge in [0.1, 0.15) is 11.0 Å². The topological polar surface area (TPSA) is 58.4 Å². The Hall–Kier alpha value is -0.630. The lowest BCUT2D eigenvalue weighted by molar-refractivity contribution is 0.239. The Morgan fingerprint density at radius 3 is 2.62 bits per heavy atom. The second-order valence-corrected chi connectivity index (χ2v) is 8.06. The van der Waals surface area contributed by atoms with Crippen LogP contribution in [-0.2, 0) is 23.3 Å². The van der Waals surface area contributed by atoms with E-state index < -0.39 is 10.2 Å². The second-order valence-electron chi connectivity index (χ2n) is 5.74. The van der Waals surface area contributed by atoms with E-state index in [2.05, 4.69) is 11.9 Å². The van der Waals surface area contributed by atoms with E-state index in [0.29, 0.717) is 43.8 Å². The first kappa shape index (κ1) is 15.3. The summed E-state index contributed by atoms with van der Waals surface area (Å²) in [5.41, 5.74) is 0. The molecule has 0 radical (unpaired) electrons. The van der Waals surface area contributed by atoms with Crippen LogP contribution >= 0.6 is 11.6 Å². The average molecular weight is 333 g/mol. The van der Waals surface area contributed by atoms with Gasteiger partial charge in [-0.15, -0.1) is 0 Å². The zero-order valence-corrected chi connectivity index (χ0v) is 13.8. The lowest BCUT2D eigenvalue weighted by atomic mass is 9.96. The van der Waals surface area contributed by atoms with Crippen LogP contribution in [0.1, 0.15) is 32.0 Å². The minimum absolute atomic E-state index is 0.308. The fourth-order valence-corrected chi connectivity index (χ4v) is 4.93. The summed E-state index contributed by atoms with van der Waals surface area (Å²) in [5, 5.41) is 0.575. The predicted molar refractivity (Wildman–Crippen MR) is 81.2 cm³/mol. The Morgan fingerprint density at radius 2 is 1.95 bits per heavy atom. The molecule has 0 unspecified atom stereocenters. The van der Waals surface area contributed by atoms with Crippen molar-refractivity contribution >= 4 is 21.8 Å². The minimum atomic E-state index is -3.38. The van der Waals surface area contributed by atoms with Crippen molar-refractivity contribution in [1.29, 1.82) is 0 Å². The van der Waals surface area contributed by atoms with Crippen LogP contribution in [-0.4, -0.2) is 46.2 Å². The van der Waals surface area contributed by atoms with Crippen molar-refractivity contribution in [2.24, 2.45) is 5.92 Å². The van der Waals surface area contributed by atoms with Gasteiger partial charge in [0.25, 0.3) is 10.2 Å². The van der Waals surface area contributed by atoms with Crippen LogP contribution in [0, 0.1) is 5.92 Å². The monoisotopic (exact) mass is 332 g/mol. The van der Waals surface area contributed by atoms with Crippen LogP contribution in [0.5, 0.6) is 0 Å². The molecule has 0 atom stereocenters. The number of fused-ring (bicyclic) bond motifs is 1. The van der Waals surface area contributed by atoms with Crippen LogP contribution in [0.15, 0.2) is 6.20 Å². The Balaban J connectivity index is 1.72. The standard InChI is InChI=1S/C13H21ClN4O2S/c1-2-11-3-5-16(6-4-11)21(19,20)17-7-8-18-12(14)9-15-13(18)10-17/h9,11H,2-8,10H2,1H3. The van der Waals surface area contributed by atoms with E-state index in [-0.39, 0.29) is 0 Å². The van der Waals surface area contributed by atoms with Gasteiger partial charge in [-0.3, -0.25) is 0 Å².